The molecule has 4 aromatic carbocycles. The lowest BCUT2D eigenvalue weighted by atomic mass is 9.84. The zero-order chi connectivity index (χ0) is 41.5. The predicted octanol–water partition coefficient (Wildman–Crippen LogP) is 7.92. The van der Waals surface area contributed by atoms with Crippen LogP contribution in [0.5, 0.6) is 46.0 Å². The van der Waals surface area contributed by atoms with Gasteiger partial charge in [0.1, 0.15) is 17.8 Å². The summed E-state index contributed by atoms with van der Waals surface area (Å²) >= 11 is 0. The predicted molar refractivity (Wildman–Crippen MR) is 218 cm³/mol. The molecule has 0 aliphatic carbocycles. The number of hydrogen-bond donors (Lipinski definition) is 2. The van der Waals surface area contributed by atoms with Crippen molar-refractivity contribution in [3.8, 4) is 46.0 Å². The van der Waals surface area contributed by atoms with Gasteiger partial charge in [-0.2, -0.15) is 0 Å². The van der Waals surface area contributed by atoms with Crippen molar-refractivity contribution < 1.29 is 57.2 Å². The van der Waals surface area contributed by atoms with Crippen LogP contribution < -0.4 is 28.4 Å². The molecule has 0 amide bonds. The highest BCUT2D eigenvalue weighted by Crippen LogP contribution is 2.54. The van der Waals surface area contributed by atoms with Gasteiger partial charge in [-0.15, -0.1) is 0 Å². The Bertz CT molecular complexity index is 2210. The molecule has 4 aliphatic heterocycles. The first-order valence-electron chi connectivity index (χ1n) is 20.1. The third-order valence-corrected chi connectivity index (χ3v) is 13.2. The molecule has 4 aliphatic rings. The number of aliphatic carboxylic acids is 2. The van der Waals surface area contributed by atoms with Crippen LogP contribution >= 0.6 is 0 Å². The van der Waals surface area contributed by atoms with E-state index >= 15 is 0 Å². The number of hydrogen-bond acceptors (Lipinski definition) is 8. The smallest absolute Gasteiger partial charge is 0.362 e. The molecule has 4 heterocycles. The zero-order valence-electron chi connectivity index (χ0n) is 34.8. The van der Waals surface area contributed by atoms with E-state index in [0.717, 1.165) is 39.8 Å². The third kappa shape index (κ3) is 7.17. The maximum atomic E-state index is 13.0. The molecule has 0 saturated heterocycles. The summed E-state index contributed by atoms with van der Waals surface area (Å²) in [5, 5.41) is 21.0. The Kier molecular flexibility index (Phi) is 11.3. The number of carboxylic acid groups (broad SMARTS) is 2. The summed E-state index contributed by atoms with van der Waals surface area (Å²) in [6.45, 7) is 7.14. The number of carboxylic acids is 2. The lowest BCUT2D eigenvalue weighted by Gasteiger charge is -2.49. The molecule has 0 aromatic heterocycles. The summed E-state index contributed by atoms with van der Waals surface area (Å²) in [5.41, 5.74) is 5.79. The van der Waals surface area contributed by atoms with E-state index in [9.17, 15) is 19.8 Å². The van der Waals surface area contributed by atoms with Crippen molar-refractivity contribution in [2.75, 3.05) is 55.1 Å². The van der Waals surface area contributed by atoms with E-state index in [1.165, 1.54) is 0 Å². The maximum absolute atomic E-state index is 13.0. The van der Waals surface area contributed by atoms with E-state index in [-0.39, 0.29) is 15.0 Å². The van der Waals surface area contributed by atoms with Crippen molar-refractivity contribution in [2.45, 2.75) is 77.0 Å². The van der Waals surface area contributed by atoms with E-state index in [1.807, 2.05) is 81.7 Å². The van der Waals surface area contributed by atoms with Crippen LogP contribution in [0.25, 0.3) is 0 Å². The molecule has 308 valence electrons. The van der Waals surface area contributed by atoms with E-state index in [1.54, 1.807) is 35.2 Å². The van der Waals surface area contributed by atoms with Crippen LogP contribution in [-0.2, 0) is 35.3 Å². The molecule has 0 spiro atoms. The Labute approximate surface area is 340 Å². The fraction of sp³-hybridized carbons (Fsp3) is 0.435. The largest absolute Gasteiger partial charge is 0.493 e. The molecule has 4 aromatic rings. The highest BCUT2D eigenvalue weighted by molar-refractivity contribution is 5.72. The first-order valence-corrected chi connectivity index (χ1v) is 20.1. The van der Waals surface area contributed by atoms with Gasteiger partial charge in [0.15, 0.2) is 46.6 Å². The molecule has 0 saturated carbocycles. The summed E-state index contributed by atoms with van der Waals surface area (Å²) in [6, 6.07) is 17.6. The van der Waals surface area contributed by atoms with Gasteiger partial charge < -0.3 is 47.6 Å². The average Bonchev–Trinajstić information content (AvgIpc) is 3.21. The van der Waals surface area contributed by atoms with E-state index < -0.39 is 30.1 Å². The number of rotatable bonds is 10. The van der Waals surface area contributed by atoms with Crippen LogP contribution in [0.15, 0.2) is 60.7 Å². The van der Waals surface area contributed by atoms with Crippen molar-refractivity contribution >= 4 is 11.9 Å². The van der Waals surface area contributed by atoms with Gasteiger partial charge >= 0.3 is 11.9 Å². The first-order chi connectivity index (χ1) is 27.8. The summed E-state index contributed by atoms with van der Waals surface area (Å²) in [6.07, 6.45) is 2.93. The van der Waals surface area contributed by atoms with Gasteiger partial charge in [0.25, 0.3) is 0 Å². The van der Waals surface area contributed by atoms with Crippen molar-refractivity contribution in [3.05, 3.63) is 94.0 Å². The highest BCUT2D eigenvalue weighted by Gasteiger charge is 2.50. The second-order valence-corrected chi connectivity index (χ2v) is 16.3. The molecule has 58 heavy (non-hydrogen) atoms. The normalized spacial score (nSPS) is 23.1. The maximum Gasteiger partial charge on any atom is 0.362 e. The zero-order valence-corrected chi connectivity index (χ0v) is 34.8. The Hall–Kier alpha value is -5.46. The average molecular weight is 797 g/mol. The van der Waals surface area contributed by atoms with Gasteiger partial charge in [0, 0.05) is 31.2 Å². The van der Waals surface area contributed by atoms with E-state index in [2.05, 4.69) is 0 Å². The molecule has 0 fully saturated rings. The van der Waals surface area contributed by atoms with Crippen molar-refractivity contribution in [3.63, 3.8) is 0 Å². The SMILES string of the molecule is CCCOc1c(OC)cc2c3c1Oc1cc4c(cc1OC)CC[N+](C)(C(C)C(=O)O)C4Cc1ccc(cc1)Oc1cc(ccc1OC)CC3[N+](C)(C(C)C(=O)O)CC2. The summed E-state index contributed by atoms with van der Waals surface area (Å²) in [7, 11) is 8.87. The molecule has 6 atom stereocenters. The second kappa shape index (κ2) is 16.1. The third-order valence-electron chi connectivity index (χ3n) is 13.2. The lowest BCUT2D eigenvalue weighted by Crippen LogP contribution is -2.59. The van der Waals surface area contributed by atoms with Crippen LogP contribution in [0, 0.1) is 0 Å². The molecule has 12 heteroatoms. The topological polar surface area (TPSA) is 130 Å². The molecule has 12 nitrogen and oxygen atoms in total. The fourth-order valence-electron chi connectivity index (χ4n) is 9.24. The standard InChI is InChI=1S/C46H54N2O10/c1-9-20-56-43-41(55-8)25-32-17-19-48(5,28(3)46(51)52)36-22-30-12-15-37(53-6)39(23-30)57-33-13-10-29(11-14-33)21-35-34-26-40(58-44(43)42(32)36)38(54-7)24-31(34)16-18-47(35,4)27(2)45(49)50/h10-15,23-28,35-36H,9,16-22H2,1-8H3/p+2. The molecular weight excluding hydrogens is 741 g/mol. The Morgan fingerprint density at radius 1 is 0.724 bits per heavy atom. The van der Waals surface area contributed by atoms with Crippen molar-refractivity contribution in [1.29, 1.82) is 0 Å². The minimum atomic E-state index is -0.898. The van der Waals surface area contributed by atoms with Gasteiger partial charge in [0.2, 0.25) is 5.75 Å². The number of likely N-dealkylation sites (N-methyl/N-ethyl adjacent to an activating group) is 2. The van der Waals surface area contributed by atoms with Crippen LogP contribution in [0.2, 0.25) is 0 Å². The number of ether oxygens (including phenoxy) is 6. The number of methoxy groups -OCH3 is 3. The minimum Gasteiger partial charge on any atom is -0.493 e. The first kappa shape index (κ1) is 40.7. The number of quaternary nitrogens is 2. The van der Waals surface area contributed by atoms with Gasteiger partial charge in [-0.05, 0) is 85.0 Å². The van der Waals surface area contributed by atoms with Crippen molar-refractivity contribution in [1.82, 2.24) is 0 Å². The lowest BCUT2D eigenvalue weighted by molar-refractivity contribution is -0.954. The number of nitrogens with zero attached hydrogens (tertiary/aromatic N) is 2. The summed E-state index contributed by atoms with van der Waals surface area (Å²) in [4.78, 5) is 25.7. The monoisotopic (exact) mass is 796 g/mol. The number of benzene rings is 4. The minimum absolute atomic E-state index is 0.189. The molecule has 2 N–H and O–H groups in total. The van der Waals surface area contributed by atoms with Gasteiger partial charge in [-0.3, -0.25) is 0 Å². The van der Waals surface area contributed by atoms with Crippen LogP contribution in [0.3, 0.4) is 0 Å². The molecule has 6 unspecified atom stereocenters. The van der Waals surface area contributed by atoms with Crippen LogP contribution in [0.1, 0.15) is 72.7 Å². The van der Waals surface area contributed by atoms with Crippen LogP contribution in [0.4, 0.5) is 0 Å². The van der Waals surface area contributed by atoms with E-state index in [4.69, 9.17) is 28.4 Å². The molecular formula is C46H56N2O10+2. The molecule has 0 radical (unpaired) electrons. The van der Waals surface area contributed by atoms with Gasteiger partial charge in [0.05, 0.1) is 60.7 Å². The van der Waals surface area contributed by atoms with E-state index in [0.29, 0.717) is 91.4 Å². The van der Waals surface area contributed by atoms with Crippen molar-refractivity contribution in [2.24, 2.45) is 0 Å². The molecule has 6 bridgehead atoms. The molecule has 8 rings (SSSR count). The second-order valence-electron chi connectivity index (χ2n) is 16.3. The summed E-state index contributed by atoms with van der Waals surface area (Å²) < 4.78 is 38.6. The number of fused-ring (bicyclic) bond motifs is 2. The van der Waals surface area contributed by atoms with Gasteiger partial charge in [-0.1, -0.05) is 25.1 Å². The number of carbonyl (C=O) groups is 2. The highest BCUT2D eigenvalue weighted by atomic mass is 16.6. The Morgan fingerprint density at radius 2 is 1.29 bits per heavy atom. The quantitative estimate of drug-likeness (QED) is 0.153. The van der Waals surface area contributed by atoms with Gasteiger partial charge in [-0.25, -0.2) is 9.59 Å². The Balaban J connectivity index is 1.55. The Morgan fingerprint density at radius 3 is 1.91 bits per heavy atom. The summed E-state index contributed by atoms with van der Waals surface area (Å²) in [5.74, 6) is 2.30. The van der Waals surface area contributed by atoms with Crippen LogP contribution in [-0.4, -0.2) is 98.3 Å². The fourth-order valence-corrected chi connectivity index (χ4v) is 9.24.